The molecule has 0 amide bonds. The Balaban J connectivity index is 2.39. The first-order valence-corrected chi connectivity index (χ1v) is 5.58. The van der Waals surface area contributed by atoms with E-state index in [-0.39, 0.29) is 28.7 Å². The first-order chi connectivity index (χ1) is 8.88. The summed E-state index contributed by atoms with van der Waals surface area (Å²) in [5.41, 5.74) is -1.30. The number of hydrogen-bond acceptors (Lipinski definition) is 4. The van der Waals surface area contributed by atoms with E-state index in [2.05, 4.69) is 0 Å². The lowest BCUT2D eigenvalue weighted by Gasteiger charge is -2.02. The Hall–Kier alpha value is -2.28. The summed E-state index contributed by atoms with van der Waals surface area (Å²) in [4.78, 5) is 35.5. The third-order valence-electron chi connectivity index (χ3n) is 2.49. The van der Waals surface area contributed by atoms with Gasteiger partial charge in [-0.15, -0.1) is 0 Å². The van der Waals surface area contributed by atoms with Crippen LogP contribution in [0.15, 0.2) is 26.3 Å². The molecule has 0 saturated carbocycles. The molecule has 0 atom stereocenters. The quantitative estimate of drug-likeness (QED) is 0.869. The van der Waals surface area contributed by atoms with Crippen molar-refractivity contribution in [2.45, 2.75) is 13.5 Å². The van der Waals surface area contributed by atoms with Gasteiger partial charge in [-0.1, -0.05) is 11.6 Å². The molecular weight excluding hydrogens is 276 g/mol. The molecule has 0 radical (unpaired) electrons. The van der Waals surface area contributed by atoms with E-state index in [1.807, 2.05) is 4.98 Å². The topological polar surface area (TPSA) is 105 Å². The Kier molecular flexibility index (Phi) is 3.30. The minimum Gasteiger partial charge on any atom is -0.478 e. The monoisotopic (exact) mass is 284 g/mol. The van der Waals surface area contributed by atoms with Gasteiger partial charge >= 0.3 is 11.7 Å². The normalized spacial score (nSPS) is 10.6. The molecule has 100 valence electrons. The maximum Gasteiger partial charge on any atom is 0.339 e. The van der Waals surface area contributed by atoms with Crippen LogP contribution in [0.2, 0.25) is 5.02 Å². The number of nitrogens with zero attached hydrogens (tertiary/aromatic N) is 1. The van der Waals surface area contributed by atoms with Gasteiger partial charge in [-0.3, -0.25) is 14.3 Å². The minimum atomic E-state index is -1.11. The van der Waals surface area contributed by atoms with Gasteiger partial charge in [0.25, 0.3) is 5.56 Å². The zero-order valence-corrected chi connectivity index (χ0v) is 10.5. The zero-order valence-electron chi connectivity index (χ0n) is 9.77. The van der Waals surface area contributed by atoms with Crippen molar-refractivity contribution in [3.05, 3.63) is 55.2 Å². The second kappa shape index (κ2) is 4.77. The molecule has 0 spiro atoms. The summed E-state index contributed by atoms with van der Waals surface area (Å²) in [5, 5.41) is 8.75. The summed E-state index contributed by atoms with van der Waals surface area (Å²) < 4.78 is 6.35. The zero-order chi connectivity index (χ0) is 14.2. The molecule has 0 saturated heterocycles. The number of nitrogens with one attached hydrogen (secondary N) is 1. The van der Waals surface area contributed by atoms with Crippen molar-refractivity contribution in [2.75, 3.05) is 0 Å². The van der Waals surface area contributed by atoms with Gasteiger partial charge in [0.15, 0.2) is 0 Å². The number of aromatic amines is 1. The number of carboxylic acid groups (broad SMARTS) is 1. The van der Waals surface area contributed by atoms with Gasteiger partial charge in [0.2, 0.25) is 0 Å². The van der Waals surface area contributed by atoms with Crippen molar-refractivity contribution in [3.63, 3.8) is 0 Å². The highest BCUT2D eigenvalue weighted by atomic mass is 35.5. The van der Waals surface area contributed by atoms with Crippen molar-refractivity contribution in [2.24, 2.45) is 0 Å². The highest BCUT2D eigenvalue weighted by Crippen LogP contribution is 2.15. The first-order valence-electron chi connectivity index (χ1n) is 5.20. The third kappa shape index (κ3) is 2.60. The van der Waals surface area contributed by atoms with Gasteiger partial charge < -0.3 is 9.52 Å². The summed E-state index contributed by atoms with van der Waals surface area (Å²) in [6, 6.07) is 1.32. The van der Waals surface area contributed by atoms with Gasteiger partial charge in [-0.2, -0.15) is 0 Å². The van der Waals surface area contributed by atoms with Crippen LogP contribution in [0.4, 0.5) is 0 Å². The fraction of sp³-hybridized carbons (Fsp3) is 0.182. The molecule has 2 rings (SSSR count). The van der Waals surface area contributed by atoms with E-state index < -0.39 is 17.2 Å². The Morgan fingerprint density at radius 1 is 1.53 bits per heavy atom. The van der Waals surface area contributed by atoms with Crippen molar-refractivity contribution in [1.82, 2.24) is 9.55 Å². The lowest BCUT2D eigenvalue weighted by Crippen LogP contribution is -2.29. The Morgan fingerprint density at radius 3 is 2.79 bits per heavy atom. The summed E-state index contributed by atoms with van der Waals surface area (Å²) in [6.45, 7) is 1.49. The molecule has 2 N–H and O–H groups in total. The number of rotatable bonds is 3. The lowest BCUT2D eigenvalue weighted by molar-refractivity contribution is 0.0695. The highest BCUT2D eigenvalue weighted by molar-refractivity contribution is 6.30. The largest absolute Gasteiger partial charge is 0.478 e. The Bertz CT molecular complexity index is 755. The van der Waals surface area contributed by atoms with Crippen molar-refractivity contribution in [1.29, 1.82) is 0 Å². The molecule has 0 aliphatic heterocycles. The minimum absolute atomic E-state index is 0.0244. The number of halogens is 1. The van der Waals surface area contributed by atoms with E-state index in [0.717, 1.165) is 4.57 Å². The number of furan rings is 1. The maximum absolute atomic E-state index is 11.5. The SMILES string of the molecule is Cc1oc(Cn2cc(Cl)c(=O)[nH]c2=O)cc1C(=O)O. The van der Waals surface area contributed by atoms with Gasteiger partial charge in [0.05, 0.1) is 6.54 Å². The van der Waals surface area contributed by atoms with Gasteiger partial charge in [0, 0.05) is 6.20 Å². The predicted molar refractivity (Wildman–Crippen MR) is 65.8 cm³/mol. The van der Waals surface area contributed by atoms with Crippen LogP contribution in [0, 0.1) is 6.92 Å². The van der Waals surface area contributed by atoms with E-state index in [0.29, 0.717) is 0 Å². The van der Waals surface area contributed by atoms with Crippen LogP contribution < -0.4 is 11.2 Å². The van der Waals surface area contributed by atoms with E-state index >= 15 is 0 Å². The standard InChI is InChI=1S/C11H9ClN2O5/c1-5-7(10(16)17)2-6(19-5)3-14-4-8(12)9(15)13-11(14)18/h2,4H,3H2,1H3,(H,16,17)(H,13,15,18). The summed E-state index contributed by atoms with van der Waals surface area (Å²) in [7, 11) is 0. The van der Waals surface area contributed by atoms with Crippen LogP contribution in [0.25, 0.3) is 0 Å². The van der Waals surface area contributed by atoms with Crippen molar-refractivity contribution < 1.29 is 14.3 Å². The van der Waals surface area contributed by atoms with Gasteiger partial charge in [-0.05, 0) is 13.0 Å². The molecule has 2 aromatic rings. The summed E-state index contributed by atoms with van der Waals surface area (Å²) in [6.07, 6.45) is 1.17. The number of H-pyrrole nitrogens is 1. The van der Waals surface area contributed by atoms with Crippen LogP contribution in [0.5, 0.6) is 0 Å². The van der Waals surface area contributed by atoms with Crippen molar-refractivity contribution >= 4 is 17.6 Å². The average Bonchev–Trinajstić information content (AvgIpc) is 2.67. The molecule has 0 unspecified atom stereocenters. The molecule has 7 nitrogen and oxygen atoms in total. The van der Waals surface area contributed by atoms with Crippen molar-refractivity contribution in [3.8, 4) is 0 Å². The second-order valence-electron chi connectivity index (χ2n) is 3.85. The number of aromatic carboxylic acids is 1. The molecule has 0 fully saturated rings. The number of carboxylic acids is 1. The number of hydrogen-bond donors (Lipinski definition) is 2. The van der Waals surface area contributed by atoms with E-state index in [9.17, 15) is 14.4 Å². The van der Waals surface area contributed by atoms with E-state index in [1.165, 1.54) is 19.2 Å². The number of carbonyl (C=O) groups is 1. The molecule has 0 aliphatic carbocycles. The second-order valence-corrected chi connectivity index (χ2v) is 4.26. The predicted octanol–water partition coefficient (Wildman–Crippen LogP) is 0.838. The van der Waals surface area contributed by atoms with E-state index in [4.69, 9.17) is 21.1 Å². The summed E-state index contributed by atoms with van der Waals surface area (Å²) in [5.74, 6) is -0.592. The van der Waals surface area contributed by atoms with Crippen LogP contribution in [-0.4, -0.2) is 20.6 Å². The fourth-order valence-electron chi connectivity index (χ4n) is 1.60. The Morgan fingerprint density at radius 2 is 2.21 bits per heavy atom. The fourth-order valence-corrected chi connectivity index (χ4v) is 1.77. The average molecular weight is 285 g/mol. The van der Waals surface area contributed by atoms with Crippen LogP contribution in [0.1, 0.15) is 21.9 Å². The molecule has 2 aromatic heterocycles. The highest BCUT2D eigenvalue weighted by Gasteiger charge is 2.14. The lowest BCUT2D eigenvalue weighted by atomic mass is 10.2. The summed E-state index contributed by atoms with van der Waals surface area (Å²) >= 11 is 5.61. The van der Waals surface area contributed by atoms with Gasteiger partial charge in [-0.25, -0.2) is 9.59 Å². The number of aryl methyl sites for hydroxylation is 1. The number of aromatic nitrogens is 2. The molecule has 0 aliphatic rings. The van der Waals surface area contributed by atoms with Crippen LogP contribution in [-0.2, 0) is 6.54 Å². The molecule has 19 heavy (non-hydrogen) atoms. The van der Waals surface area contributed by atoms with E-state index in [1.54, 1.807) is 0 Å². The first kappa shape index (κ1) is 13.2. The molecular formula is C11H9ClN2O5. The molecule has 2 heterocycles. The maximum atomic E-state index is 11.5. The molecule has 8 heteroatoms. The smallest absolute Gasteiger partial charge is 0.339 e. The van der Waals surface area contributed by atoms with Crippen LogP contribution in [0.3, 0.4) is 0 Å². The Labute approximate surface area is 111 Å². The third-order valence-corrected chi connectivity index (χ3v) is 2.76. The molecule has 0 aromatic carbocycles. The van der Waals surface area contributed by atoms with Crippen LogP contribution >= 0.6 is 11.6 Å². The molecule has 0 bridgehead atoms. The van der Waals surface area contributed by atoms with Gasteiger partial charge in [0.1, 0.15) is 22.1 Å².